The number of nitrogens with zero attached hydrogens (tertiary/aromatic N) is 1. The number of furan rings is 1. The lowest BCUT2D eigenvalue weighted by molar-refractivity contribution is -0.120. The Hall–Kier alpha value is -1.33. The first-order valence-electron chi connectivity index (χ1n) is 6.91. The third-order valence-electron chi connectivity index (χ3n) is 3.26. The Balaban J connectivity index is 2.92. The van der Waals surface area contributed by atoms with Crippen LogP contribution in [0.15, 0.2) is 22.8 Å². The number of hydrogen-bond donors (Lipinski definition) is 2. The Morgan fingerprint density at radius 1 is 1.47 bits per heavy atom. The first kappa shape index (κ1) is 15.7. The number of nitrogens with two attached hydrogens (primary N) is 2. The van der Waals surface area contributed by atoms with Crippen molar-refractivity contribution in [3.8, 4) is 0 Å². The van der Waals surface area contributed by atoms with Crippen LogP contribution in [0.1, 0.15) is 44.9 Å². The highest BCUT2D eigenvalue weighted by molar-refractivity contribution is 5.76. The summed E-state index contributed by atoms with van der Waals surface area (Å²) in [4.78, 5) is 13.3. The molecule has 2 unspecified atom stereocenters. The largest absolute Gasteiger partial charge is 0.468 e. The van der Waals surface area contributed by atoms with Crippen LogP contribution in [0.4, 0.5) is 0 Å². The standard InChI is InChI=1S/C14H25N3O2/c1-3-5-8-17(10-13(16)18)14(11(15)4-2)12-7-6-9-19-12/h6-7,9,11,14H,3-5,8,10,15H2,1-2H3,(H2,16,18). The average Bonchev–Trinajstić information content (AvgIpc) is 2.88. The van der Waals surface area contributed by atoms with Crippen LogP contribution < -0.4 is 11.5 Å². The number of carbonyl (C=O) groups is 1. The molecule has 1 aromatic rings. The zero-order chi connectivity index (χ0) is 14.3. The molecule has 0 spiro atoms. The number of rotatable bonds is 9. The highest BCUT2D eigenvalue weighted by Gasteiger charge is 2.28. The molecule has 108 valence electrons. The van der Waals surface area contributed by atoms with Crippen LogP contribution >= 0.6 is 0 Å². The minimum Gasteiger partial charge on any atom is -0.468 e. The van der Waals surface area contributed by atoms with Gasteiger partial charge in [0, 0.05) is 6.04 Å². The lowest BCUT2D eigenvalue weighted by Crippen LogP contribution is -2.44. The molecule has 0 aliphatic carbocycles. The third kappa shape index (κ3) is 4.69. The Labute approximate surface area is 114 Å². The van der Waals surface area contributed by atoms with Crippen molar-refractivity contribution in [3.63, 3.8) is 0 Å². The van der Waals surface area contributed by atoms with Crippen LogP contribution in [-0.4, -0.2) is 29.9 Å². The van der Waals surface area contributed by atoms with Gasteiger partial charge in [0.2, 0.25) is 5.91 Å². The van der Waals surface area contributed by atoms with Crippen LogP contribution in [-0.2, 0) is 4.79 Å². The van der Waals surface area contributed by atoms with E-state index in [9.17, 15) is 4.79 Å². The average molecular weight is 267 g/mol. The highest BCUT2D eigenvalue weighted by atomic mass is 16.3. The maximum atomic E-state index is 11.3. The lowest BCUT2D eigenvalue weighted by Gasteiger charge is -2.33. The minimum absolute atomic E-state index is 0.0812. The topological polar surface area (TPSA) is 85.5 Å². The van der Waals surface area contributed by atoms with E-state index in [1.54, 1.807) is 6.26 Å². The van der Waals surface area contributed by atoms with Gasteiger partial charge in [-0.2, -0.15) is 0 Å². The van der Waals surface area contributed by atoms with Crippen molar-refractivity contribution in [2.75, 3.05) is 13.1 Å². The van der Waals surface area contributed by atoms with Crippen molar-refractivity contribution in [3.05, 3.63) is 24.2 Å². The molecule has 0 fully saturated rings. The Morgan fingerprint density at radius 2 is 2.21 bits per heavy atom. The van der Waals surface area contributed by atoms with Gasteiger partial charge in [-0.15, -0.1) is 0 Å². The molecule has 4 N–H and O–H groups in total. The highest BCUT2D eigenvalue weighted by Crippen LogP contribution is 2.25. The number of carbonyl (C=O) groups excluding carboxylic acids is 1. The first-order valence-corrected chi connectivity index (χ1v) is 6.91. The molecule has 1 heterocycles. The summed E-state index contributed by atoms with van der Waals surface area (Å²) in [5.74, 6) is 0.461. The number of unbranched alkanes of at least 4 members (excludes halogenated alkanes) is 1. The summed E-state index contributed by atoms with van der Waals surface area (Å²) < 4.78 is 5.49. The van der Waals surface area contributed by atoms with E-state index in [4.69, 9.17) is 15.9 Å². The molecule has 0 saturated carbocycles. The fourth-order valence-corrected chi connectivity index (χ4v) is 2.22. The summed E-state index contributed by atoms with van der Waals surface area (Å²) in [6, 6.07) is 3.56. The van der Waals surface area contributed by atoms with Crippen molar-refractivity contribution in [1.82, 2.24) is 4.90 Å². The van der Waals surface area contributed by atoms with Crippen molar-refractivity contribution < 1.29 is 9.21 Å². The van der Waals surface area contributed by atoms with Crippen molar-refractivity contribution in [2.24, 2.45) is 11.5 Å². The Kier molecular flexibility index (Phi) is 6.59. The fourth-order valence-electron chi connectivity index (χ4n) is 2.22. The molecule has 0 aromatic carbocycles. The van der Waals surface area contributed by atoms with Crippen LogP contribution in [0.5, 0.6) is 0 Å². The predicted octanol–water partition coefficient (Wildman–Crippen LogP) is 1.65. The minimum atomic E-state index is -0.337. The lowest BCUT2D eigenvalue weighted by atomic mass is 10.0. The molecule has 19 heavy (non-hydrogen) atoms. The summed E-state index contributed by atoms with van der Waals surface area (Å²) in [5.41, 5.74) is 11.5. The molecule has 1 rings (SSSR count). The van der Waals surface area contributed by atoms with E-state index in [-0.39, 0.29) is 24.5 Å². The second kappa shape index (κ2) is 7.96. The van der Waals surface area contributed by atoms with E-state index in [1.165, 1.54) is 0 Å². The van der Waals surface area contributed by atoms with Gasteiger partial charge in [0.15, 0.2) is 0 Å². The van der Waals surface area contributed by atoms with Gasteiger partial charge in [-0.3, -0.25) is 9.69 Å². The molecular weight excluding hydrogens is 242 g/mol. The molecule has 1 amide bonds. The van der Waals surface area contributed by atoms with Crippen LogP contribution in [0, 0.1) is 0 Å². The molecule has 0 bridgehead atoms. The van der Waals surface area contributed by atoms with Crippen LogP contribution in [0.25, 0.3) is 0 Å². The zero-order valence-corrected chi connectivity index (χ0v) is 11.8. The summed E-state index contributed by atoms with van der Waals surface area (Å²) in [6.45, 7) is 5.14. The molecule has 0 aliphatic rings. The molecule has 5 heteroatoms. The van der Waals surface area contributed by atoms with Gasteiger partial charge in [0.25, 0.3) is 0 Å². The normalized spacial score (nSPS) is 14.5. The molecule has 0 saturated heterocycles. The number of amides is 1. The first-order chi connectivity index (χ1) is 9.10. The second-order valence-corrected chi connectivity index (χ2v) is 4.82. The van der Waals surface area contributed by atoms with Gasteiger partial charge in [0.05, 0.1) is 18.8 Å². The quantitative estimate of drug-likeness (QED) is 0.712. The maximum Gasteiger partial charge on any atom is 0.231 e. The number of primary amides is 1. The summed E-state index contributed by atoms with van der Waals surface area (Å²) in [6.07, 6.45) is 4.50. The number of hydrogen-bond acceptors (Lipinski definition) is 4. The van der Waals surface area contributed by atoms with Gasteiger partial charge < -0.3 is 15.9 Å². The Bertz CT molecular complexity index is 365. The monoisotopic (exact) mass is 267 g/mol. The van der Waals surface area contributed by atoms with E-state index in [1.807, 2.05) is 24.0 Å². The second-order valence-electron chi connectivity index (χ2n) is 4.82. The smallest absolute Gasteiger partial charge is 0.231 e. The van der Waals surface area contributed by atoms with Crippen LogP contribution in [0.2, 0.25) is 0 Å². The maximum absolute atomic E-state index is 11.3. The van der Waals surface area contributed by atoms with Crippen molar-refractivity contribution in [1.29, 1.82) is 0 Å². The van der Waals surface area contributed by atoms with E-state index < -0.39 is 0 Å². The zero-order valence-electron chi connectivity index (χ0n) is 11.8. The van der Waals surface area contributed by atoms with E-state index in [0.29, 0.717) is 0 Å². The summed E-state index contributed by atoms with van der Waals surface area (Å²) >= 11 is 0. The SMILES string of the molecule is CCCCN(CC(N)=O)C(c1ccco1)C(N)CC. The molecule has 0 aliphatic heterocycles. The van der Waals surface area contributed by atoms with Gasteiger partial charge in [-0.1, -0.05) is 20.3 Å². The fraction of sp³-hybridized carbons (Fsp3) is 0.643. The molecule has 1 aromatic heterocycles. The van der Waals surface area contributed by atoms with Gasteiger partial charge in [-0.05, 0) is 31.5 Å². The van der Waals surface area contributed by atoms with Crippen molar-refractivity contribution >= 4 is 5.91 Å². The molecule has 5 nitrogen and oxygen atoms in total. The predicted molar refractivity (Wildman–Crippen MR) is 75.4 cm³/mol. The third-order valence-corrected chi connectivity index (χ3v) is 3.26. The molecule has 2 atom stereocenters. The van der Waals surface area contributed by atoms with Crippen molar-refractivity contribution in [2.45, 2.75) is 45.2 Å². The van der Waals surface area contributed by atoms with Crippen LogP contribution in [0.3, 0.4) is 0 Å². The van der Waals surface area contributed by atoms with E-state index in [0.717, 1.165) is 31.6 Å². The van der Waals surface area contributed by atoms with Gasteiger partial charge in [0.1, 0.15) is 5.76 Å². The molecular formula is C14H25N3O2. The summed E-state index contributed by atoms with van der Waals surface area (Å²) in [7, 11) is 0. The van der Waals surface area contributed by atoms with Gasteiger partial charge in [-0.25, -0.2) is 0 Å². The molecule has 0 radical (unpaired) electrons. The summed E-state index contributed by atoms with van der Waals surface area (Å²) in [5, 5.41) is 0. The van der Waals surface area contributed by atoms with Gasteiger partial charge >= 0.3 is 0 Å². The van der Waals surface area contributed by atoms with E-state index >= 15 is 0 Å². The van der Waals surface area contributed by atoms with E-state index in [2.05, 4.69) is 6.92 Å². The Morgan fingerprint density at radius 3 is 2.68 bits per heavy atom.